The summed E-state index contributed by atoms with van der Waals surface area (Å²) in [6.45, 7) is 1.52. The first-order valence-electron chi connectivity index (χ1n) is 8.70. The van der Waals surface area contributed by atoms with Crippen LogP contribution >= 0.6 is 0 Å². The molecule has 1 amide bonds. The number of aromatic nitrogens is 1. The van der Waals surface area contributed by atoms with Crippen molar-refractivity contribution in [2.45, 2.75) is 25.7 Å². The summed E-state index contributed by atoms with van der Waals surface area (Å²) in [5.41, 5.74) is 1.66. The molecule has 0 unspecified atom stereocenters. The lowest BCUT2D eigenvalue weighted by molar-refractivity contribution is 0.0664. The van der Waals surface area contributed by atoms with Crippen molar-refractivity contribution in [3.8, 4) is 5.88 Å². The van der Waals surface area contributed by atoms with E-state index in [1.807, 2.05) is 17.0 Å². The van der Waals surface area contributed by atoms with Crippen molar-refractivity contribution < 1.29 is 13.9 Å². The lowest BCUT2D eigenvalue weighted by atomic mass is 9.91. The molecule has 0 radical (unpaired) electrons. The normalized spacial score (nSPS) is 17.4. The Hall–Kier alpha value is -2.43. The van der Waals surface area contributed by atoms with Gasteiger partial charge in [0.25, 0.3) is 5.91 Å². The molecule has 1 aliphatic rings. The van der Waals surface area contributed by atoms with Crippen LogP contribution < -0.4 is 4.74 Å². The first-order chi connectivity index (χ1) is 12.2. The number of hydrogen-bond donors (Lipinski definition) is 0. The van der Waals surface area contributed by atoms with Crippen LogP contribution in [0, 0.1) is 11.7 Å². The van der Waals surface area contributed by atoms with Gasteiger partial charge < -0.3 is 9.64 Å². The van der Waals surface area contributed by atoms with E-state index in [1.54, 1.807) is 18.3 Å². The molecule has 0 spiro atoms. The minimum atomic E-state index is -0.205. The fourth-order valence-electron chi connectivity index (χ4n) is 3.39. The number of hydrogen-bond acceptors (Lipinski definition) is 3. The number of pyridine rings is 1. The van der Waals surface area contributed by atoms with Gasteiger partial charge >= 0.3 is 0 Å². The van der Waals surface area contributed by atoms with Gasteiger partial charge in [-0.15, -0.1) is 0 Å². The van der Waals surface area contributed by atoms with Gasteiger partial charge in [-0.2, -0.15) is 0 Å². The molecular weight excluding hydrogens is 319 g/mol. The van der Waals surface area contributed by atoms with E-state index in [1.165, 1.54) is 19.2 Å². The Labute approximate surface area is 147 Å². The highest BCUT2D eigenvalue weighted by molar-refractivity contribution is 5.96. The molecule has 0 N–H and O–H groups in total. The van der Waals surface area contributed by atoms with Crippen molar-refractivity contribution in [1.29, 1.82) is 0 Å². The van der Waals surface area contributed by atoms with E-state index < -0.39 is 0 Å². The van der Waals surface area contributed by atoms with Crippen LogP contribution in [-0.2, 0) is 6.42 Å². The number of amides is 1. The molecule has 1 saturated heterocycles. The quantitative estimate of drug-likeness (QED) is 0.832. The third-order valence-electron chi connectivity index (χ3n) is 4.76. The minimum Gasteiger partial charge on any atom is -0.480 e. The van der Waals surface area contributed by atoms with Crippen LogP contribution in [0.3, 0.4) is 0 Å². The average Bonchev–Trinajstić information content (AvgIpc) is 2.67. The molecule has 0 saturated carbocycles. The molecule has 2 aromatic rings. The molecule has 1 aliphatic heterocycles. The molecule has 1 aromatic carbocycles. The number of carbonyl (C=O) groups excluding carboxylic acids is 1. The van der Waals surface area contributed by atoms with E-state index in [9.17, 15) is 9.18 Å². The molecule has 0 aliphatic carbocycles. The zero-order chi connectivity index (χ0) is 17.6. The third kappa shape index (κ3) is 4.35. The van der Waals surface area contributed by atoms with E-state index in [0.717, 1.165) is 44.3 Å². The van der Waals surface area contributed by atoms with Crippen LogP contribution in [0.15, 0.2) is 42.6 Å². The second kappa shape index (κ2) is 8.10. The predicted octanol–water partition coefficient (Wildman–Crippen LogP) is 3.71. The van der Waals surface area contributed by atoms with Crippen LogP contribution in [-0.4, -0.2) is 36.0 Å². The number of piperidine rings is 1. The summed E-state index contributed by atoms with van der Waals surface area (Å²) in [6.07, 6.45) is 5.65. The smallest absolute Gasteiger partial charge is 0.259 e. The first-order valence-corrected chi connectivity index (χ1v) is 8.70. The van der Waals surface area contributed by atoms with Crippen LogP contribution in [0.4, 0.5) is 4.39 Å². The number of likely N-dealkylation sites (tertiary alicyclic amines) is 1. The van der Waals surface area contributed by atoms with E-state index in [4.69, 9.17) is 4.74 Å². The van der Waals surface area contributed by atoms with Crippen LogP contribution in [0.1, 0.15) is 35.2 Å². The molecule has 3 rings (SSSR count). The van der Waals surface area contributed by atoms with Gasteiger partial charge in [0.05, 0.1) is 7.11 Å². The van der Waals surface area contributed by atoms with Crippen molar-refractivity contribution in [3.63, 3.8) is 0 Å². The highest BCUT2D eigenvalue weighted by Crippen LogP contribution is 2.25. The highest BCUT2D eigenvalue weighted by Gasteiger charge is 2.26. The highest BCUT2D eigenvalue weighted by atomic mass is 19.1. The summed E-state index contributed by atoms with van der Waals surface area (Å²) in [5.74, 6) is 0.617. The first kappa shape index (κ1) is 17.4. The monoisotopic (exact) mass is 342 g/mol. The van der Waals surface area contributed by atoms with E-state index in [2.05, 4.69) is 4.98 Å². The zero-order valence-electron chi connectivity index (χ0n) is 14.5. The number of halogens is 1. The van der Waals surface area contributed by atoms with Gasteiger partial charge in [0.2, 0.25) is 5.88 Å². The number of carbonyl (C=O) groups is 1. The zero-order valence-corrected chi connectivity index (χ0v) is 14.5. The summed E-state index contributed by atoms with van der Waals surface area (Å²) in [6, 6.07) is 10.2. The molecular formula is C20H23FN2O2. The summed E-state index contributed by atoms with van der Waals surface area (Å²) >= 11 is 0. The van der Waals surface area contributed by atoms with Crippen molar-refractivity contribution in [1.82, 2.24) is 9.88 Å². The van der Waals surface area contributed by atoms with E-state index in [-0.39, 0.29) is 11.7 Å². The molecule has 25 heavy (non-hydrogen) atoms. The summed E-state index contributed by atoms with van der Waals surface area (Å²) < 4.78 is 18.2. The average molecular weight is 342 g/mol. The number of rotatable bonds is 5. The molecule has 4 nitrogen and oxygen atoms in total. The maximum Gasteiger partial charge on any atom is 0.259 e. The van der Waals surface area contributed by atoms with Crippen molar-refractivity contribution in [2.24, 2.45) is 5.92 Å². The Morgan fingerprint density at radius 3 is 2.88 bits per heavy atom. The molecule has 132 valence electrons. The Kier molecular flexibility index (Phi) is 5.64. The number of methoxy groups -OCH3 is 1. The van der Waals surface area contributed by atoms with Gasteiger partial charge in [-0.3, -0.25) is 4.79 Å². The van der Waals surface area contributed by atoms with Crippen LogP contribution in [0.25, 0.3) is 0 Å². The van der Waals surface area contributed by atoms with Gasteiger partial charge in [-0.25, -0.2) is 9.37 Å². The Morgan fingerprint density at radius 2 is 2.12 bits per heavy atom. The van der Waals surface area contributed by atoms with Crippen LogP contribution in [0.2, 0.25) is 0 Å². The summed E-state index contributed by atoms with van der Waals surface area (Å²) in [7, 11) is 1.53. The van der Waals surface area contributed by atoms with Gasteiger partial charge in [0.15, 0.2) is 0 Å². The van der Waals surface area contributed by atoms with E-state index in [0.29, 0.717) is 17.4 Å². The maximum atomic E-state index is 13.0. The van der Waals surface area contributed by atoms with Crippen molar-refractivity contribution in [2.75, 3.05) is 20.2 Å². The second-order valence-electron chi connectivity index (χ2n) is 6.48. The van der Waals surface area contributed by atoms with Gasteiger partial charge in [-0.1, -0.05) is 12.1 Å². The lowest BCUT2D eigenvalue weighted by Crippen LogP contribution is -2.40. The second-order valence-corrected chi connectivity index (χ2v) is 6.48. The number of nitrogens with zero attached hydrogens (tertiary/aromatic N) is 2. The predicted molar refractivity (Wildman–Crippen MR) is 94.1 cm³/mol. The number of aryl methyl sites for hydroxylation is 1. The minimum absolute atomic E-state index is 0.0172. The van der Waals surface area contributed by atoms with Crippen LogP contribution in [0.5, 0.6) is 5.88 Å². The molecule has 1 fully saturated rings. The lowest BCUT2D eigenvalue weighted by Gasteiger charge is -2.33. The summed E-state index contributed by atoms with van der Waals surface area (Å²) in [4.78, 5) is 18.8. The molecule has 2 heterocycles. The molecule has 1 atom stereocenters. The van der Waals surface area contributed by atoms with Gasteiger partial charge in [0.1, 0.15) is 11.4 Å². The van der Waals surface area contributed by atoms with Gasteiger partial charge in [-0.05, 0) is 61.4 Å². The largest absolute Gasteiger partial charge is 0.480 e. The standard InChI is InChI=1S/C20H23FN2O2/c1-25-19-18(5-2-12-22-19)20(24)23-13-3-4-16(14-23)7-6-15-8-10-17(21)11-9-15/h2,5,8-12,16H,3-4,6-7,13-14H2,1H3/t16-/m1/s1. The molecule has 1 aromatic heterocycles. The third-order valence-corrected chi connectivity index (χ3v) is 4.76. The van der Waals surface area contributed by atoms with Crippen molar-refractivity contribution in [3.05, 3.63) is 59.5 Å². The number of benzene rings is 1. The molecule has 5 heteroatoms. The fraction of sp³-hybridized carbons (Fsp3) is 0.400. The fourth-order valence-corrected chi connectivity index (χ4v) is 3.39. The molecule has 0 bridgehead atoms. The topological polar surface area (TPSA) is 42.4 Å². The van der Waals surface area contributed by atoms with E-state index >= 15 is 0 Å². The Bertz CT molecular complexity index is 718. The van der Waals surface area contributed by atoms with Crippen molar-refractivity contribution >= 4 is 5.91 Å². The SMILES string of the molecule is COc1ncccc1C(=O)N1CCC[C@H](CCc2ccc(F)cc2)C1. The maximum absolute atomic E-state index is 13.0. The Morgan fingerprint density at radius 1 is 1.32 bits per heavy atom. The Balaban J connectivity index is 1.60. The summed E-state index contributed by atoms with van der Waals surface area (Å²) in [5, 5.41) is 0. The van der Waals surface area contributed by atoms with Gasteiger partial charge in [0, 0.05) is 19.3 Å². The number of ether oxygens (including phenoxy) is 1.